The van der Waals surface area contributed by atoms with Gasteiger partial charge in [0.25, 0.3) is 0 Å². The van der Waals surface area contributed by atoms with Gasteiger partial charge in [-0.2, -0.15) is 0 Å². The molecule has 0 saturated carbocycles. The molecule has 0 heterocycles. The Morgan fingerprint density at radius 1 is 1.07 bits per heavy atom. The van der Waals surface area contributed by atoms with Crippen molar-refractivity contribution in [2.45, 2.75) is 25.1 Å². The van der Waals surface area contributed by atoms with Gasteiger partial charge in [-0.25, -0.2) is 13.1 Å². The number of nitrogens with one attached hydrogen (secondary N) is 2. The Bertz CT molecular complexity index is 943. The van der Waals surface area contributed by atoms with E-state index in [1.807, 2.05) is 18.6 Å². The van der Waals surface area contributed by atoms with Gasteiger partial charge in [0.15, 0.2) is 0 Å². The lowest BCUT2D eigenvalue weighted by atomic mass is 10.1. The molecule has 0 aliphatic heterocycles. The molecule has 0 aliphatic carbocycles. The maximum absolute atomic E-state index is 12.4. The Kier molecular flexibility index (Phi) is 6.11. The first kappa shape index (κ1) is 20.7. The molecule has 0 spiro atoms. The molecule has 146 valence electrons. The molecule has 10 heteroatoms. The number of ether oxygens (including phenoxy) is 1. The van der Waals surface area contributed by atoms with Crippen molar-refractivity contribution < 1.29 is 31.1 Å². The molecule has 0 bridgehead atoms. The second-order valence-electron chi connectivity index (χ2n) is 5.67. The summed E-state index contributed by atoms with van der Waals surface area (Å²) in [6.07, 6.45) is -5.05. The van der Waals surface area contributed by atoms with E-state index in [0.717, 1.165) is 23.3 Å². The lowest BCUT2D eigenvalue weighted by molar-refractivity contribution is -0.275. The SMILES string of the molecule is Cc1ccc(NC(=O)CNS(=O)(=O)c2ccccc2OC(F)(F)F)cc1C. The average molecular weight is 402 g/mol. The van der Waals surface area contributed by atoms with Crippen LogP contribution in [0.15, 0.2) is 47.4 Å². The van der Waals surface area contributed by atoms with Gasteiger partial charge in [-0.15, -0.1) is 13.2 Å². The molecule has 1 amide bonds. The predicted octanol–water partition coefficient (Wildman–Crippen LogP) is 3.12. The third-order valence-electron chi connectivity index (χ3n) is 3.58. The number of amides is 1. The molecule has 0 unspecified atom stereocenters. The average Bonchev–Trinajstić information content (AvgIpc) is 2.55. The Balaban J connectivity index is 2.08. The monoisotopic (exact) mass is 402 g/mol. The van der Waals surface area contributed by atoms with Gasteiger partial charge < -0.3 is 10.1 Å². The van der Waals surface area contributed by atoms with E-state index in [1.165, 1.54) is 12.1 Å². The first-order chi connectivity index (χ1) is 12.5. The van der Waals surface area contributed by atoms with Gasteiger partial charge in [-0.1, -0.05) is 18.2 Å². The summed E-state index contributed by atoms with van der Waals surface area (Å²) in [4.78, 5) is 11.2. The molecule has 0 aliphatic rings. The summed E-state index contributed by atoms with van der Waals surface area (Å²) < 4.78 is 67.5. The van der Waals surface area contributed by atoms with E-state index in [0.29, 0.717) is 5.69 Å². The number of para-hydroxylation sites is 1. The quantitative estimate of drug-likeness (QED) is 0.778. The number of anilines is 1. The van der Waals surface area contributed by atoms with Gasteiger partial charge in [0.2, 0.25) is 15.9 Å². The molecule has 0 atom stereocenters. The number of hydrogen-bond acceptors (Lipinski definition) is 4. The van der Waals surface area contributed by atoms with Gasteiger partial charge in [0, 0.05) is 5.69 Å². The van der Waals surface area contributed by atoms with Gasteiger partial charge in [0.05, 0.1) is 6.54 Å². The fourth-order valence-electron chi connectivity index (χ4n) is 2.14. The highest BCUT2D eigenvalue weighted by Crippen LogP contribution is 2.29. The van der Waals surface area contributed by atoms with E-state index < -0.39 is 39.5 Å². The van der Waals surface area contributed by atoms with Crippen LogP contribution in [0.4, 0.5) is 18.9 Å². The van der Waals surface area contributed by atoms with Crippen LogP contribution >= 0.6 is 0 Å². The lowest BCUT2D eigenvalue weighted by Gasteiger charge is -2.14. The number of alkyl halides is 3. The third-order valence-corrected chi connectivity index (χ3v) is 5.02. The summed E-state index contributed by atoms with van der Waals surface area (Å²) in [5.41, 5.74) is 2.43. The summed E-state index contributed by atoms with van der Waals surface area (Å²) in [6, 6.07) is 9.43. The maximum atomic E-state index is 12.4. The number of aryl methyl sites for hydroxylation is 2. The standard InChI is InChI=1S/C17H17F3N2O4S/c1-11-7-8-13(9-12(11)2)22-16(23)10-21-27(24,25)15-6-4-3-5-14(15)26-17(18,19)20/h3-9,21H,10H2,1-2H3,(H,22,23). The van der Waals surface area contributed by atoms with Crippen molar-refractivity contribution in [3.63, 3.8) is 0 Å². The number of carbonyl (C=O) groups is 1. The van der Waals surface area contributed by atoms with Crippen LogP contribution in [0.5, 0.6) is 5.75 Å². The normalized spacial score (nSPS) is 11.9. The van der Waals surface area contributed by atoms with Gasteiger partial charge in [-0.05, 0) is 49.2 Å². The minimum atomic E-state index is -5.05. The van der Waals surface area contributed by atoms with Crippen LogP contribution < -0.4 is 14.8 Å². The molecule has 2 N–H and O–H groups in total. The molecule has 2 aromatic carbocycles. The van der Waals surface area contributed by atoms with Crippen LogP contribution in [-0.2, 0) is 14.8 Å². The molecule has 2 rings (SSSR count). The minimum Gasteiger partial charge on any atom is -0.404 e. The van der Waals surface area contributed by atoms with E-state index >= 15 is 0 Å². The highest BCUT2D eigenvalue weighted by molar-refractivity contribution is 7.89. The Hall–Kier alpha value is -2.59. The van der Waals surface area contributed by atoms with Crippen LogP contribution in [0.25, 0.3) is 0 Å². The molecular weight excluding hydrogens is 385 g/mol. The van der Waals surface area contributed by atoms with Gasteiger partial charge in [0.1, 0.15) is 10.6 Å². The molecule has 0 aromatic heterocycles. The highest BCUT2D eigenvalue weighted by Gasteiger charge is 2.34. The zero-order valence-electron chi connectivity index (χ0n) is 14.4. The van der Waals surface area contributed by atoms with Crippen molar-refractivity contribution >= 4 is 21.6 Å². The van der Waals surface area contributed by atoms with E-state index in [2.05, 4.69) is 10.1 Å². The fraction of sp³-hybridized carbons (Fsp3) is 0.235. The Morgan fingerprint density at radius 3 is 2.37 bits per heavy atom. The fourth-order valence-corrected chi connectivity index (χ4v) is 3.25. The topological polar surface area (TPSA) is 84.5 Å². The Morgan fingerprint density at radius 2 is 1.74 bits per heavy atom. The van der Waals surface area contributed by atoms with Gasteiger partial charge >= 0.3 is 6.36 Å². The number of rotatable bonds is 6. The maximum Gasteiger partial charge on any atom is 0.573 e. The summed E-state index contributed by atoms with van der Waals surface area (Å²) in [5.74, 6) is -1.55. The summed E-state index contributed by atoms with van der Waals surface area (Å²) in [6.45, 7) is 3.09. The van der Waals surface area contributed by atoms with E-state index in [4.69, 9.17) is 0 Å². The van der Waals surface area contributed by atoms with Crippen molar-refractivity contribution in [1.82, 2.24) is 4.72 Å². The largest absolute Gasteiger partial charge is 0.573 e. The van der Waals surface area contributed by atoms with Crippen LogP contribution in [0.1, 0.15) is 11.1 Å². The molecular formula is C17H17F3N2O4S. The van der Waals surface area contributed by atoms with Crippen LogP contribution in [-0.4, -0.2) is 27.2 Å². The van der Waals surface area contributed by atoms with Gasteiger partial charge in [-0.3, -0.25) is 4.79 Å². The molecule has 27 heavy (non-hydrogen) atoms. The number of carbonyl (C=O) groups excluding carboxylic acids is 1. The van der Waals surface area contributed by atoms with E-state index in [1.54, 1.807) is 18.2 Å². The number of hydrogen-bond donors (Lipinski definition) is 2. The highest BCUT2D eigenvalue weighted by atomic mass is 32.2. The van der Waals surface area contributed by atoms with Crippen molar-refractivity contribution in [1.29, 1.82) is 0 Å². The van der Waals surface area contributed by atoms with Crippen molar-refractivity contribution in [3.8, 4) is 5.75 Å². The smallest absolute Gasteiger partial charge is 0.404 e. The first-order valence-corrected chi connectivity index (χ1v) is 9.18. The Labute approximate surface area is 154 Å². The first-order valence-electron chi connectivity index (χ1n) is 7.69. The lowest BCUT2D eigenvalue weighted by Crippen LogP contribution is -2.33. The van der Waals surface area contributed by atoms with Crippen molar-refractivity contribution in [3.05, 3.63) is 53.6 Å². The summed E-state index contributed by atoms with van der Waals surface area (Å²) >= 11 is 0. The van der Waals surface area contributed by atoms with Crippen molar-refractivity contribution in [2.75, 3.05) is 11.9 Å². The number of sulfonamides is 1. The molecule has 0 radical (unpaired) electrons. The van der Waals surface area contributed by atoms with Crippen LogP contribution in [0.2, 0.25) is 0 Å². The second-order valence-corrected chi connectivity index (χ2v) is 7.40. The predicted molar refractivity (Wildman–Crippen MR) is 92.9 cm³/mol. The molecule has 0 saturated heterocycles. The van der Waals surface area contributed by atoms with E-state index in [9.17, 15) is 26.4 Å². The van der Waals surface area contributed by atoms with Crippen LogP contribution in [0, 0.1) is 13.8 Å². The molecule has 6 nitrogen and oxygen atoms in total. The van der Waals surface area contributed by atoms with E-state index in [-0.39, 0.29) is 0 Å². The summed E-state index contributed by atoms with van der Waals surface area (Å²) in [5, 5.41) is 2.51. The molecule has 2 aromatic rings. The second kappa shape index (κ2) is 7.97. The summed E-state index contributed by atoms with van der Waals surface area (Å²) in [7, 11) is -4.40. The minimum absolute atomic E-state index is 0.475. The van der Waals surface area contributed by atoms with Crippen LogP contribution in [0.3, 0.4) is 0 Å². The zero-order chi connectivity index (χ0) is 20.2. The number of benzene rings is 2. The van der Waals surface area contributed by atoms with Crippen molar-refractivity contribution in [2.24, 2.45) is 0 Å². The number of halogens is 3. The molecule has 0 fully saturated rings. The third kappa shape index (κ3) is 5.97. The zero-order valence-corrected chi connectivity index (χ0v) is 15.2.